The third-order valence-corrected chi connectivity index (χ3v) is 2.14. The first kappa shape index (κ1) is 10.7. The van der Waals surface area contributed by atoms with Gasteiger partial charge in [0.1, 0.15) is 0 Å². The standard InChI is InChI=1S/C11H11NO4/c1-2-15-10-4-9(12-6-13)3-8-5-14-7-16-11(8)10/h3-4H,2,5,7H2,1H3. The molecule has 0 unspecified atom stereocenters. The molecular formula is C11H11NO4. The van der Waals surface area contributed by atoms with E-state index < -0.39 is 0 Å². The number of hydrogen-bond acceptors (Lipinski definition) is 5. The Kier molecular flexibility index (Phi) is 3.19. The summed E-state index contributed by atoms with van der Waals surface area (Å²) >= 11 is 0. The molecule has 0 aromatic heterocycles. The van der Waals surface area contributed by atoms with Gasteiger partial charge < -0.3 is 14.2 Å². The maximum Gasteiger partial charge on any atom is 0.240 e. The van der Waals surface area contributed by atoms with Crippen LogP contribution in [0.4, 0.5) is 5.69 Å². The van der Waals surface area contributed by atoms with Gasteiger partial charge in [0, 0.05) is 11.6 Å². The van der Waals surface area contributed by atoms with Crippen LogP contribution in [0.2, 0.25) is 0 Å². The summed E-state index contributed by atoms with van der Waals surface area (Å²) in [6, 6.07) is 3.38. The van der Waals surface area contributed by atoms with Crippen LogP contribution >= 0.6 is 0 Å². The molecule has 1 aromatic carbocycles. The number of isocyanates is 1. The lowest BCUT2D eigenvalue weighted by molar-refractivity contribution is -0.0182. The summed E-state index contributed by atoms with van der Waals surface area (Å²) in [6.07, 6.45) is 1.50. The highest BCUT2D eigenvalue weighted by molar-refractivity contribution is 5.59. The van der Waals surface area contributed by atoms with Crippen molar-refractivity contribution in [2.45, 2.75) is 13.5 Å². The maximum absolute atomic E-state index is 10.2. The zero-order chi connectivity index (χ0) is 11.4. The summed E-state index contributed by atoms with van der Waals surface area (Å²) in [6.45, 7) is 3.04. The van der Waals surface area contributed by atoms with Crippen LogP contribution in [0.15, 0.2) is 17.1 Å². The lowest BCUT2D eigenvalue weighted by Gasteiger charge is -2.20. The van der Waals surface area contributed by atoms with E-state index >= 15 is 0 Å². The molecule has 0 radical (unpaired) electrons. The van der Waals surface area contributed by atoms with Crippen LogP contribution in [0.3, 0.4) is 0 Å². The highest BCUT2D eigenvalue weighted by atomic mass is 16.7. The SMILES string of the molecule is CCOc1cc(N=C=O)cc2c1OCOC2. The molecule has 0 saturated carbocycles. The van der Waals surface area contributed by atoms with Crippen molar-refractivity contribution in [3.63, 3.8) is 0 Å². The molecule has 0 amide bonds. The summed E-state index contributed by atoms with van der Waals surface area (Å²) in [7, 11) is 0. The van der Waals surface area contributed by atoms with Gasteiger partial charge >= 0.3 is 0 Å². The van der Waals surface area contributed by atoms with Gasteiger partial charge in [-0.25, -0.2) is 4.79 Å². The van der Waals surface area contributed by atoms with Gasteiger partial charge in [-0.05, 0) is 13.0 Å². The predicted octanol–water partition coefficient (Wildman–Crippen LogP) is 1.92. The van der Waals surface area contributed by atoms with Gasteiger partial charge in [-0.3, -0.25) is 0 Å². The molecule has 1 heterocycles. The van der Waals surface area contributed by atoms with Crippen LogP contribution in [-0.4, -0.2) is 19.5 Å². The predicted molar refractivity (Wildman–Crippen MR) is 55.7 cm³/mol. The van der Waals surface area contributed by atoms with E-state index in [1.54, 1.807) is 12.1 Å². The van der Waals surface area contributed by atoms with Crippen molar-refractivity contribution >= 4 is 11.8 Å². The van der Waals surface area contributed by atoms with E-state index in [2.05, 4.69) is 4.99 Å². The lowest BCUT2D eigenvalue weighted by atomic mass is 10.1. The van der Waals surface area contributed by atoms with Gasteiger partial charge in [-0.2, -0.15) is 4.99 Å². The molecule has 0 fully saturated rings. The average Bonchev–Trinajstić information content (AvgIpc) is 2.30. The van der Waals surface area contributed by atoms with Gasteiger partial charge in [0.05, 0.1) is 18.9 Å². The summed E-state index contributed by atoms with van der Waals surface area (Å²) in [4.78, 5) is 13.8. The van der Waals surface area contributed by atoms with Crippen molar-refractivity contribution in [2.24, 2.45) is 4.99 Å². The third-order valence-electron chi connectivity index (χ3n) is 2.14. The molecule has 0 aliphatic carbocycles. The second-order valence-corrected chi connectivity index (χ2v) is 3.18. The minimum absolute atomic E-state index is 0.212. The summed E-state index contributed by atoms with van der Waals surface area (Å²) in [5.74, 6) is 1.25. The molecule has 0 N–H and O–H groups in total. The van der Waals surface area contributed by atoms with E-state index in [1.807, 2.05) is 6.92 Å². The fraction of sp³-hybridized carbons (Fsp3) is 0.364. The zero-order valence-electron chi connectivity index (χ0n) is 8.86. The molecule has 0 spiro atoms. The summed E-state index contributed by atoms with van der Waals surface area (Å²) in [5.41, 5.74) is 1.32. The lowest BCUT2D eigenvalue weighted by Crippen LogP contribution is -2.12. The number of nitrogens with zero attached hydrogens (tertiary/aromatic N) is 1. The van der Waals surface area contributed by atoms with Gasteiger partial charge in [-0.15, -0.1) is 0 Å². The Morgan fingerprint density at radius 1 is 1.56 bits per heavy atom. The molecule has 5 heteroatoms. The largest absolute Gasteiger partial charge is 0.490 e. The van der Waals surface area contributed by atoms with E-state index in [4.69, 9.17) is 14.2 Å². The quantitative estimate of drug-likeness (QED) is 0.578. The zero-order valence-corrected chi connectivity index (χ0v) is 8.86. The fourth-order valence-electron chi connectivity index (χ4n) is 1.55. The van der Waals surface area contributed by atoms with E-state index in [0.717, 1.165) is 5.56 Å². The number of ether oxygens (including phenoxy) is 3. The smallest absolute Gasteiger partial charge is 0.240 e. The molecule has 1 aromatic rings. The normalized spacial score (nSPS) is 13.3. The Morgan fingerprint density at radius 2 is 2.44 bits per heavy atom. The van der Waals surface area contributed by atoms with Crippen molar-refractivity contribution in [2.75, 3.05) is 13.4 Å². The molecular weight excluding hydrogens is 210 g/mol. The van der Waals surface area contributed by atoms with Crippen LogP contribution in [0.1, 0.15) is 12.5 Å². The van der Waals surface area contributed by atoms with Crippen LogP contribution in [0, 0.1) is 0 Å². The first-order chi connectivity index (χ1) is 7.85. The van der Waals surface area contributed by atoms with Crippen LogP contribution < -0.4 is 9.47 Å². The van der Waals surface area contributed by atoms with Crippen molar-refractivity contribution in [3.05, 3.63) is 17.7 Å². The Bertz CT molecular complexity index is 438. The van der Waals surface area contributed by atoms with Crippen molar-refractivity contribution in [1.29, 1.82) is 0 Å². The van der Waals surface area contributed by atoms with Crippen molar-refractivity contribution in [3.8, 4) is 11.5 Å². The van der Waals surface area contributed by atoms with Crippen molar-refractivity contribution < 1.29 is 19.0 Å². The number of carbonyl (C=O) groups excluding carboxylic acids is 1. The van der Waals surface area contributed by atoms with E-state index in [-0.39, 0.29) is 6.79 Å². The summed E-state index contributed by atoms with van der Waals surface area (Å²) in [5, 5.41) is 0. The second-order valence-electron chi connectivity index (χ2n) is 3.18. The van der Waals surface area contributed by atoms with Crippen molar-refractivity contribution in [1.82, 2.24) is 0 Å². The molecule has 0 atom stereocenters. The number of rotatable bonds is 3. The van der Waals surface area contributed by atoms with Crippen LogP contribution in [0.25, 0.3) is 0 Å². The monoisotopic (exact) mass is 221 g/mol. The Morgan fingerprint density at radius 3 is 3.19 bits per heavy atom. The van der Waals surface area contributed by atoms with Gasteiger partial charge in [0.2, 0.25) is 6.08 Å². The Labute approximate surface area is 92.6 Å². The highest BCUT2D eigenvalue weighted by Crippen LogP contribution is 2.38. The fourth-order valence-corrected chi connectivity index (χ4v) is 1.55. The number of hydrogen-bond donors (Lipinski definition) is 0. The summed E-state index contributed by atoms with van der Waals surface area (Å²) < 4.78 is 15.9. The third kappa shape index (κ3) is 2.05. The topological polar surface area (TPSA) is 57.1 Å². The van der Waals surface area contributed by atoms with Gasteiger partial charge in [-0.1, -0.05) is 0 Å². The van der Waals surface area contributed by atoms with E-state index in [9.17, 15) is 4.79 Å². The molecule has 0 saturated heterocycles. The minimum atomic E-state index is 0.212. The first-order valence-corrected chi connectivity index (χ1v) is 4.93. The average molecular weight is 221 g/mol. The number of aliphatic imine (C=N–C) groups is 1. The van der Waals surface area contributed by atoms with E-state index in [0.29, 0.717) is 30.4 Å². The molecule has 5 nitrogen and oxygen atoms in total. The molecule has 16 heavy (non-hydrogen) atoms. The molecule has 0 bridgehead atoms. The van der Waals surface area contributed by atoms with Crippen LogP contribution in [0.5, 0.6) is 11.5 Å². The Hall–Kier alpha value is -1.84. The molecule has 1 aliphatic rings. The highest BCUT2D eigenvalue weighted by Gasteiger charge is 2.17. The second kappa shape index (κ2) is 4.79. The number of benzene rings is 1. The molecule has 84 valence electrons. The van der Waals surface area contributed by atoms with E-state index in [1.165, 1.54) is 6.08 Å². The number of fused-ring (bicyclic) bond motifs is 1. The van der Waals surface area contributed by atoms with Gasteiger partial charge in [0.15, 0.2) is 18.3 Å². The minimum Gasteiger partial charge on any atom is -0.490 e. The maximum atomic E-state index is 10.2. The Balaban J connectivity index is 2.47. The molecule has 2 rings (SSSR count). The molecule has 1 aliphatic heterocycles. The van der Waals surface area contributed by atoms with Gasteiger partial charge in [0.25, 0.3) is 0 Å². The first-order valence-electron chi connectivity index (χ1n) is 4.93. The van der Waals surface area contributed by atoms with Crippen LogP contribution in [-0.2, 0) is 16.1 Å².